The first kappa shape index (κ1) is 20.8. The van der Waals surface area contributed by atoms with Gasteiger partial charge >= 0.3 is 0 Å². The van der Waals surface area contributed by atoms with Gasteiger partial charge in [-0.2, -0.15) is 0 Å². The first-order valence-corrected chi connectivity index (χ1v) is 9.54. The van der Waals surface area contributed by atoms with Crippen molar-refractivity contribution in [3.05, 3.63) is 69.8 Å². The molecule has 0 aliphatic carbocycles. The molecule has 29 heavy (non-hydrogen) atoms. The lowest BCUT2D eigenvalue weighted by molar-refractivity contribution is -0.384. The summed E-state index contributed by atoms with van der Waals surface area (Å²) in [5.74, 6) is 0.160. The molecule has 0 aromatic heterocycles. The highest BCUT2D eigenvalue weighted by Gasteiger charge is 2.20. The zero-order chi connectivity index (χ0) is 20.6. The number of aryl methyl sites for hydroxylation is 1. The van der Waals surface area contributed by atoms with Gasteiger partial charge in [-0.15, -0.1) is 0 Å². The van der Waals surface area contributed by atoms with E-state index in [1.807, 2.05) is 31.2 Å². The molecule has 8 nitrogen and oxygen atoms in total. The Kier molecular flexibility index (Phi) is 7.15. The Labute approximate surface area is 169 Å². The van der Waals surface area contributed by atoms with E-state index in [1.165, 1.54) is 24.3 Å². The zero-order valence-corrected chi connectivity index (χ0v) is 16.4. The number of non-ortho nitro benzene ring substituents is 1. The molecule has 2 aromatic carbocycles. The van der Waals surface area contributed by atoms with Gasteiger partial charge in [0.05, 0.1) is 24.2 Å². The van der Waals surface area contributed by atoms with Crippen molar-refractivity contribution in [1.82, 2.24) is 10.2 Å². The number of hydrogen-bond donors (Lipinski definition) is 1. The predicted octanol–water partition coefficient (Wildman–Crippen LogP) is 2.47. The fourth-order valence-electron chi connectivity index (χ4n) is 3.12. The van der Waals surface area contributed by atoms with Crippen molar-refractivity contribution < 1.29 is 19.2 Å². The van der Waals surface area contributed by atoms with E-state index in [9.17, 15) is 14.9 Å². The van der Waals surface area contributed by atoms with Crippen LogP contribution >= 0.6 is 0 Å². The summed E-state index contributed by atoms with van der Waals surface area (Å²) in [6.07, 6.45) is 0. The molecule has 0 radical (unpaired) electrons. The molecule has 1 heterocycles. The van der Waals surface area contributed by atoms with Crippen LogP contribution in [0.15, 0.2) is 48.5 Å². The molecule has 1 amide bonds. The van der Waals surface area contributed by atoms with Gasteiger partial charge in [-0.1, -0.05) is 29.8 Å². The largest absolute Gasteiger partial charge is 0.484 e. The van der Waals surface area contributed by atoms with Crippen LogP contribution in [0.1, 0.15) is 17.2 Å². The van der Waals surface area contributed by atoms with Crippen molar-refractivity contribution in [1.29, 1.82) is 0 Å². The van der Waals surface area contributed by atoms with Crippen LogP contribution < -0.4 is 10.1 Å². The van der Waals surface area contributed by atoms with Gasteiger partial charge in [0.25, 0.3) is 11.6 Å². The molecule has 0 saturated carbocycles. The van der Waals surface area contributed by atoms with Crippen LogP contribution in [0.5, 0.6) is 5.75 Å². The second-order valence-electron chi connectivity index (χ2n) is 6.98. The van der Waals surface area contributed by atoms with Gasteiger partial charge in [0.1, 0.15) is 5.75 Å². The maximum absolute atomic E-state index is 12.5. The Morgan fingerprint density at radius 3 is 2.45 bits per heavy atom. The molecule has 8 heteroatoms. The normalized spacial score (nSPS) is 15.5. The van der Waals surface area contributed by atoms with Crippen molar-refractivity contribution in [2.45, 2.75) is 13.0 Å². The van der Waals surface area contributed by atoms with Gasteiger partial charge < -0.3 is 14.8 Å². The molecular formula is C21H25N3O5. The van der Waals surface area contributed by atoms with E-state index in [0.717, 1.165) is 24.2 Å². The fraction of sp³-hybridized carbons (Fsp3) is 0.381. The average Bonchev–Trinajstić information content (AvgIpc) is 2.73. The van der Waals surface area contributed by atoms with E-state index in [2.05, 4.69) is 10.2 Å². The number of ether oxygens (including phenoxy) is 2. The minimum atomic E-state index is -0.478. The summed E-state index contributed by atoms with van der Waals surface area (Å²) in [7, 11) is 0. The first-order chi connectivity index (χ1) is 14.0. The number of benzene rings is 2. The van der Waals surface area contributed by atoms with Crippen LogP contribution in [-0.4, -0.2) is 55.2 Å². The molecule has 0 bridgehead atoms. The van der Waals surface area contributed by atoms with E-state index in [-0.39, 0.29) is 24.2 Å². The first-order valence-electron chi connectivity index (χ1n) is 9.54. The maximum atomic E-state index is 12.5. The topological polar surface area (TPSA) is 93.9 Å². The summed E-state index contributed by atoms with van der Waals surface area (Å²) in [6, 6.07) is 13.6. The molecule has 1 aliphatic rings. The summed E-state index contributed by atoms with van der Waals surface area (Å²) >= 11 is 0. The molecule has 1 aliphatic heterocycles. The third kappa shape index (κ3) is 6.27. The number of carbonyl (C=O) groups excluding carboxylic acids is 1. The Morgan fingerprint density at radius 2 is 1.83 bits per heavy atom. The van der Waals surface area contributed by atoms with E-state index < -0.39 is 4.92 Å². The van der Waals surface area contributed by atoms with Gasteiger partial charge in [0.2, 0.25) is 0 Å². The Bertz CT molecular complexity index is 817. The number of nitrogens with zero attached hydrogens (tertiary/aromatic N) is 2. The fourth-order valence-corrected chi connectivity index (χ4v) is 3.12. The Hall–Kier alpha value is -2.97. The molecule has 3 rings (SSSR count). The predicted molar refractivity (Wildman–Crippen MR) is 108 cm³/mol. The Balaban J connectivity index is 1.60. The summed E-state index contributed by atoms with van der Waals surface area (Å²) in [5.41, 5.74) is 2.17. The number of hydrogen-bond acceptors (Lipinski definition) is 6. The molecule has 1 N–H and O–H groups in total. The highest BCUT2D eigenvalue weighted by atomic mass is 16.6. The number of carbonyl (C=O) groups is 1. The van der Waals surface area contributed by atoms with Gasteiger partial charge in [0.15, 0.2) is 6.61 Å². The molecule has 1 saturated heterocycles. The minimum absolute atomic E-state index is 0.0215. The van der Waals surface area contributed by atoms with Crippen LogP contribution in [0.2, 0.25) is 0 Å². The molecule has 1 atom stereocenters. The maximum Gasteiger partial charge on any atom is 0.269 e. The number of nitro groups is 1. The molecular weight excluding hydrogens is 374 g/mol. The number of amides is 1. The van der Waals surface area contributed by atoms with Crippen molar-refractivity contribution in [3.8, 4) is 5.75 Å². The monoisotopic (exact) mass is 399 g/mol. The summed E-state index contributed by atoms with van der Waals surface area (Å²) in [6.45, 7) is 5.60. The third-order valence-electron chi connectivity index (χ3n) is 4.78. The second-order valence-corrected chi connectivity index (χ2v) is 6.98. The number of rotatable bonds is 8. The SMILES string of the molecule is Cc1ccc(C(CN2CCOCC2)NC(=O)COc2ccc([N+](=O)[O-])cc2)cc1. The van der Waals surface area contributed by atoms with Crippen LogP contribution in [0.25, 0.3) is 0 Å². The van der Waals surface area contributed by atoms with Crippen LogP contribution in [0.4, 0.5) is 5.69 Å². The zero-order valence-electron chi connectivity index (χ0n) is 16.4. The van der Waals surface area contributed by atoms with Crippen molar-refractivity contribution in [2.75, 3.05) is 39.5 Å². The van der Waals surface area contributed by atoms with Crippen LogP contribution in [0, 0.1) is 17.0 Å². The van der Waals surface area contributed by atoms with Gasteiger partial charge in [-0.3, -0.25) is 19.8 Å². The quantitative estimate of drug-likeness (QED) is 0.541. The second kappa shape index (κ2) is 9.99. The van der Waals surface area contributed by atoms with Crippen LogP contribution in [0.3, 0.4) is 0 Å². The minimum Gasteiger partial charge on any atom is -0.484 e. The highest BCUT2D eigenvalue weighted by Crippen LogP contribution is 2.18. The van der Waals surface area contributed by atoms with E-state index >= 15 is 0 Å². The number of nitro benzene ring substituents is 1. The van der Waals surface area contributed by atoms with Crippen molar-refractivity contribution in [2.24, 2.45) is 0 Å². The van der Waals surface area contributed by atoms with E-state index in [0.29, 0.717) is 25.5 Å². The van der Waals surface area contributed by atoms with Crippen LogP contribution in [-0.2, 0) is 9.53 Å². The van der Waals surface area contributed by atoms with E-state index in [4.69, 9.17) is 9.47 Å². The van der Waals surface area contributed by atoms with Crippen molar-refractivity contribution >= 4 is 11.6 Å². The average molecular weight is 399 g/mol. The summed E-state index contributed by atoms with van der Waals surface area (Å²) in [4.78, 5) is 25.0. The molecule has 0 spiro atoms. The highest BCUT2D eigenvalue weighted by molar-refractivity contribution is 5.78. The molecule has 1 unspecified atom stereocenters. The molecule has 2 aromatic rings. The lowest BCUT2D eigenvalue weighted by Gasteiger charge is -2.31. The molecule has 1 fully saturated rings. The smallest absolute Gasteiger partial charge is 0.269 e. The van der Waals surface area contributed by atoms with Gasteiger partial charge in [-0.25, -0.2) is 0 Å². The molecule has 154 valence electrons. The van der Waals surface area contributed by atoms with E-state index in [1.54, 1.807) is 0 Å². The lowest BCUT2D eigenvalue weighted by Crippen LogP contribution is -2.44. The summed E-state index contributed by atoms with van der Waals surface area (Å²) < 4.78 is 10.9. The third-order valence-corrected chi connectivity index (χ3v) is 4.78. The van der Waals surface area contributed by atoms with Gasteiger partial charge in [-0.05, 0) is 24.6 Å². The Morgan fingerprint density at radius 1 is 1.17 bits per heavy atom. The van der Waals surface area contributed by atoms with Crippen molar-refractivity contribution in [3.63, 3.8) is 0 Å². The number of nitrogens with one attached hydrogen (secondary N) is 1. The van der Waals surface area contributed by atoms with Gasteiger partial charge in [0, 0.05) is 31.8 Å². The summed E-state index contributed by atoms with van der Waals surface area (Å²) in [5, 5.41) is 13.8. The number of morpholine rings is 1. The standard InChI is InChI=1S/C21H25N3O5/c1-16-2-4-17(5-3-16)20(14-23-10-12-28-13-11-23)22-21(25)15-29-19-8-6-18(7-9-19)24(26)27/h2-9,20H,10-15H2,1H3,(H,22,25). The lowest BCUT2D eigenvalue weighted by atomic mass is 10.0.